The lowest BCUT2D eigenvalue weighted by Gasteiger charge is -2.07. The van der Waals surface area contributed by atoms with Crippen LogP contribution in [0.1, 0.15) is 12.5 Å². The summed E-state index contributed by atoms with van der Waals surface area (Å²) in [5.74, 6) is 0.767. The van der Waals surface area contributed by atoms with E-state index in [4.69, 9.17) is 9.72 Å². The van der Waals surface area contributed by atoms with Crippen molar-refractivity contribution >= 4 is 21.6 Å². The zero-order valence-electron chi connectivity index (χ0n) is 12.0. The highest BCUT2D eigenvalue weighted by molar-refractivity contribution is 7.21. The molecule has 1 heterocycles. The molecule has 1 atom stereocenters. The molecule has 0 saturated heterocycles. The van der Waals surface area contributed by atoms with Crippen LogP contribution in [0.5, 0.6) is 5.75 Å². The molecule has 0 aliphatic heterocycles. The van der Waals surface area contributed by atoms with E-state index in [0.717, 1.165) is 21.0 Å². The fourth-order valence-corrected chi connectivity index (χ4v) is 3.22. The Bertz CT molecular complexity index is 764. The Morgan fingerprint density at radius 3 is 2.81 bits per heavy atom. The zero-order chi connectivity index (χ0) is 14.8. The number of hydrogen-bond acceptors (Lipinski definition) is 4. The molecule has 108 valence electrons. The average Bonchev–Trinajstić information content (AvgIpc) is 2.88. The van der Waals surface area contributed by atoms with Crippen LogP contribution in [-0.4, -0.2) is 22.8 Å². The maximum absolute atomic E-state index is 9.28. The van der Waals surface area contributed by atoms with Crippen LogP contribution in [0.3, 0.4) is 0 Å². The Labute approximate surface area is 127 Å². The molecule has 0 aliphatic rings. The largest absolute Gasteiger partial charge is 0.491 e. The van der Waals surface area contributed by atoms with E-state index in [1.165, 1.54) is 11.1 Å². The van der Waals surface area contributed by atoms with Crippen LogP contribution in [0.2, 0.25) is 0 Å². The monoisotopic (exact) mass is 299 g/mol. The number of aliphatic hydroxyl groups is 1. The molecule has 4 heteroatoms. The third-order valence-corrected chi connectivity index (χ3v) is 4.28. The molecule has 1 unspecified atom stereocenters. The first-order chi connectivity index (χ1) is 10.1. The fraction of sp³-hybridized carbons (Fsp3) is 0.235. The van der Waals surface area contributed by atoms with Gasteiger partial charge in [0.15, 0.2) is 0 Å². The van der Waals surface area contributed by atoms with E-state index in [1.54, 1.807) is 18.3 Å². The summed E-state index contributed by atoms with van der Waals surface area (Å²) in [7, 11) is 0. The third-order valence-electron chi connectivity index (χ3n) is 3.23. The number of benzene rings is 2. The number of thiazole rings is 1. The summed E-state index contributed by atoms with van der Waals surface area (Å²) in [4.78, 5) is 4.69. The number of nitrogens with zero attached hydrogens (tertiary/aromatic N) is 1. The van der Waals surface area contributed by atoms with Crippen LogP contribution in [0.25, 0.3) is 20.8 Å². The van der Waals surface area contributed by atoms with Crippen molar-refractivity contribution in [3.05, 3.63) is 48.0 Å². The number of fused-ring (bicyclic) bond motifs is 1. The van der Waals surface area contributed by atoms with Crippen molar-refractivity contribution in [1.82, 2.24) is 4.98 Å². The lowest BCUT2D eigenvalue weighted by atomic mass is 10.1. The van der Waals surface area contributed by atoms with E-state index in [0.29, 0.717) is 6.61 Å². The van der Waals surface area contributed by atoms with E-state index in [-0.39, 0.29) is 0 Å². The molecule has 1 N–H and O–H groups in total. The smallest absolute Gasteiger partial charge is 0.124 e. The molecule has 0 spiro atoms. The van der Waals surface area contributed by atoms with Gasteiger partial charge in [-0.2, -0.15) is 0 Å². The highest BCUT2D eigenvalue weighted by atomic mass is 32.1. The summed E-state index contributed by atoms with van der Waals surface area (Å²) in [5.41, 5.74) is 3.37. The predicted octanol–water partition coefficient (Wildman–Crippen LogP) is 4.03. The molecule has 3 aromatic rings. The van der Waals surface area contributed by atoms with Crippen molar-refractivity contribution in [2.75, 3.05) is 6.61 Å². The van der Waals surface area contributed by atoms with Gasteiger partial charge in [-0.1, -0.05) is 24.3 Å². The molecule has 0 amide bonds. The van der Waals surface area contributed by atoms with Crippen LogP contribution < -0.4 is 4.74 Å². The molecule has 0 saturated carbocycles. The van der Waals surface area contributed by atoms with Crippen molar-refractivity contribution in [2.24, 2.45) is 0 Å². The summed E-state index contributed by atoms with van der Waals surface area (Å²) >= 11 is 1.66. The quantitative estimate of drug-likeness (QED) is 0.791. The lowest BCUT2D eigenvalue weighted by Crippen LogP contribution is -2.12. The lowest BCUT2D eigenvalue weighted by molar-refractivity contribution is 0.123. The molecule has 1 aromatic heterocycles. The van der Waals surface area contributed by atoms with Gasteiger partial charge in [0.05, 0.1) is 16.3 Å². The Balaban J connectivity index is 1.95. The maximum atomic E-state index is 9.28. The highest BCUT2D eigenvalue weighted by Crippen LogP contribution is 2.33. The normalized spacial score (nSPS) is 12.5. The molecular weight excluding hydrogens is 282 g/mol. The van der Waals surface area contributed by atoms with Gasteiger partial charge in [0, 0.05) is 5.56 Å². The van der Waals surface area contributed by atoms with Crippen molar-refractivity contribution in [2.45, 2.75) is 20.0 Å². The second-order valence-electron chi connectivity index (χ2n) is 5.12. The van der Waals surface area contributed by atoms with Crippen LogP contribution in [0.15, 0.2) is 42.5 Å². The summed E-state index contributed by atoms with van der Waals surface area (Å²) in [6, 6.07) is 14.1. The van der Waals surface area contributed by atoms with E-state index < -0.39 is 6.10 Å². The molecule has 0 radical (unpaired) electrons. The van der Waals surface area contributed by atoms with Crippen molar-refractivity contribution < 1.29 is 9.84 Å². The second kappa shape index (κ2) is 5.84. The number of aliphatic hydroxyl groups excluding tert-OH is 1. The summed E-state index contributed by atoms with van der Waals surface area (Å²) in [6.45, 7) is 4.11. The number of aromatic nitrogens is 1. The predicted molar refractivity (Wildman–Crippen MR) is 87.0 cm³/mol. The van der Waals surface area contributed by atoms with Crippen LogP contribution >= 0.6 is 11.3 Å². The summed E-state index contributed by atoms with van der Waals surface area (Å²) in [6.07, 6.45) is -0.468. The van der Waals surface area contributed by atoms with Gasteiger partial charge in [-0.05, 0) is 37.6 Å². The van der Waals surface area contributed by atoms with E-state index in [9.17, 15) is 5.11 Å². The summed E-state index contributed by atoms with van der Waals surface area (Å²) < 4.78 is 6.64. The first-order valence-corrected chi connectivity index (χ1v) is 7.72. The van der Waals surface area contributed by atoms with Gasteiger partial charge in [-0.3, -0.25) is 0 Å². The van der Waals surface area contributed by atoms with Gasteiger partial charge in [-0.15, -0.1) is 11.3 Å². The standard InChI is InChI=1S/C17H17NO2S/c1-11-5-3-4-6-14(11)17-18-15-8-7-13(9-16(15)21-17)20-10-12(2)19/h3-9,12,19H,10H2,1-2H3. The van der Waals surface area contributed by atoms with Crippen molar-refractivity contribution in [3.8, 4) is 16.3 Å². The molecule has 3 rings (SSSR count). The Kier molecular flexibility index (Phi) is 3.90. The average molecular weight is 299 g/mol. The first kappa shape index (κ1) is 14.0. The Morgan fingerprint density at radius 2 is 2.05 bits per heavy atom. The fourth-order valence-electron chi connectivity index (χ4n) is 2.14. The van der Waals surface area contributed by atoms with E-state index in [2.05, 4.69) is 19.1 Å². The second-order valence-corrected chi connectivity index (χ2v) is 6.15. The molecular formula is C17H17NO2S. The van der Waals surface area contributed by atoms with Gasteiger partial charge in [0.1, 0.15) is 17.4 Å². The topological polar surface area (TPSA) is 42.4 Å². The van der Waals surface area contributed by atoms with Crippen molar-refractivity contribution in [3.63, 3.8) is 0 Å². The van der Waals surface area contributed by atoms with Crippen LogP contribution in [0, 0.1) is 6.92 Å². The molecule has 0 aliphatic carbocycles. The molecule has 21 heavy (non-hydrogen) atoms. The molecule has 0 bridgehead atoms. The number of aryl methyl sites for hydroxylation is 1. The van der Waals surface area contributed by atoms with Gasteiger partial charge in [-0.25, -0.2) is 4.98 Å². The van der Waals surface area contributed by atoms with Gasteiger partial charge in [0.25, 0.3) is 0 Å². The molecule has 2 aromatic carbocycles. The summed E-state index contributed by atoms with van der Waals surface area (Å²) in [5, 5.41) is 10.3. The number of ether oxygens (including phenoxy) is 1. The Morgan fingerprint density at radius 1 is 1.24 bits per heavy atom. The minimum Gasteiger partial charge on any atom is -0.491 e. The van der Waals surface area contributed by atoms with Crippen molar-refractivity contribution in [1.29, 1.82) is 0 Å². The van der Waals surface area contributed by atoms with E-state index in [1.807, 2.05) is 30.3 Å². The SMILES string of the molecule is Cc1ccccc1-c1nc2ccc(OCC(C)O)cc2s1. The van der Waals surface area contributed by atoms with E-state index >= 15 is 0 Å². The number of hydrogen-bond donors (Lipinski definition) is 1. The third kappa shape index (κ3) is 3.06. The Hall–Kier alpha value is -1.91. The zero-order valence-corrected chi connectivity index (χ0v) is 12.9. The first-order valence-electron chi connectivity index (χ1n) is 6.91. The van der Waals surface area contributed by atoms with Gasteiger partial charge < -0.3 is 9.84 Å². The van der Waals surface area contributed by atoms with Gasteiger partial charge in [0.2, 0.25) is 0 Å². The van der Waals surface area contributed by atoms with Crippen LogP contribution in [-0.2, 0) is 0 Å². The molecule has 3 nitrogen and oxygen atoms in total. The van der Waals surface area contributed by atoms with Crippen LogP contribution in [0.4, 0.5) is 0 Å². The van der Waals surface area contributed by atoms with Gasteiger partial charge >= 0.3 is 0 Å². The maximum Gasteiger partial charge on any atom is 0.124 e. The molecule has 0 fully saturated rings. The number of rotatable bonds is 4. The minimum absolute atomic E-state index is 0.301. The minimum atomic E-state index is -0.468. The highest BCUT2D eigenvalue weighted by Gasteiger charge is 2.09.